The van der Waals surface area contributed by atoms with Crippen LogP contribution in [0.2, 0.25) is 0 Å². The number of hydrogen-bond donors (Lipinski definition) is 2. The molecule has 0 heterocycles. The normalized spacial score (nSPS) is 14.8. The first-order valence-corrected chi connectivity index (χ1v) is 10.5. The van der Waals surface area contributed by atoms with Gasteiger partial charge in [-0.05, 0) is 49.9 Å². The molecule has 0 bridgehead atoms. The maximum atomic E-state index is 2.33. The van der Waals surface area contributed by atoms with Crippen LogP contribution in [0.5, 0.6) is 0 Å². The molecule has 2 atom stereocenters. The molecule has 0 rings (SSSR count). The van der Waals surface area contributed by atoms with Crippen LogP contribution in [0, 0.1) is 10.8 Å². The van der Waals surface area contributed by atoms with Crippen molar-refractivity contribution >= 4 is 0 Å². The zero-order valence-electron chi connectivity index (χ0n) is 19.1. The maximum absolute atomic E-state index is 2.33. The van der Waals surface area contributed by atoms with Crippen molar-refractivity contribution < 1.29 is 9.80 Å². The molecule has 0 saturated carbocycles. The summed E-state index contributed by atoms with van der Waals surface area (Å²) in [6.07, 6.45) is 8.15. The molecule has 0 aliphatic carbocycles. The summed E-state index contributed by atoms with van der Waals surface area (Å²) < 4.78 is 0. The molecular formula is C22H52N2+2. The minimum absolute atomic E-state index is 0.519. The molecule has 148 valence electrons. The van der Waals surface area contributed by atoms with Gasteiger partial charge < -0.3 is 9.80 Å². The SMILES string of the molecule is CCCC[NH+](C)CCCC(C)(C)C.CC[NH+](C)CCCC(C)(C)C. The molecule has 0 amide bonds. The molecule has 2 heteroatoms. The van der Waals surface area contributed by atoms with Gasteiger partial charge in [-0.3, -0.25) is 0 Å². The van der Waals surface area contributed by atoms with Crippen LogP contribution in [0.4, 0.5) is 0 Å². The molecule has 2 N–H and O–H groups in total. The quantitative estimate of drug-likeness (QED) is 0.600. The third-order valence-electron chi connectivity index (χ3n) is 4.62. The van der Waals surface area contributed by atoms with Crippen molar-refractivity contribution in [3.63, 3.8) is 0 Å². The highest BCUT2D eigenvalue weighted by atomic mass is 15.1. The van der Waals surface area contributed by atoms with Crippen molar-refractivity contribution in [2.75, 3.05) is 40.3 Å². The van der Waals surface area contributed by atoms with E-state index in [1.165, 1.54) is 64.7 Å². The molecule has 0 aromatic carbocycles. The maximum Gasteiger partial charge on any atom is 0.0769 e. The van der Waals surface area contributed by atoms with Crippen molar-refractivity contribution in [1.29, 1.82) is 0 Å². The average Bonchev–Trinajstić information content (AvgIpc) is 2.42. The average molecular weight is 345 g/mol. The van der Waals surface area contributed by atoms with E-state index >= 15 is 0 Å². The highest BCUT2D eigenvalue weighted by Gasteiger charge is 2.11. The van der Waals surface area contributed by atoms with Gasteiger partial charge in [-0.1, -0.05) is 54.9 Å². The number of nitrogens with one attached hydrogen (secondary N) is 2. The summed E-state index contributed by atoms with van der Waals surface area (Å²) in [5.41, 5.74) is 1.04. The van der Waals surface area contributed by atoms with E-state index in [0.29, 0.717) is 10.8 Å². The molecule has 0 aliphatic rings. The van der Waals surface area contributed by atoms with Gasteiger partial charge in [-0.15, -0.1) is 0 Å². The fraction of sp³-hybridized carbons (Fsp3) is 1.00. The van der Waals surface area contributed by atoms with E-state index in [-0.39, 0.29) is 0 Å². The second-order valence-electron chi connectivity index (χ2n) is 10.2. The Morgan fingerprint density at radius 2 is 0.958 bits per heavy atom. The van der Waals surface area contributed by atoms with E-state index in [9.17, 15) is 0 Å². The van der Waals surface area contributed by atoms with Crippen LogP contribution >= 0.6 is 0 Å². The smallest absolute Gasteiger partial charge is 0.0769 e. The van der Waals surface area contributed by atoms with Crippen LogP contribution in [0.25, 0.3) is 0 Å². The van der Waals surface area contributed by atoms with Crippen LogP contribution in [0.3, 0.4) is 0 Å². The molecule has 0 spiro atoms. The number of unbranched alkanes of at least 4 members (excludes halogenated alkanes) is 1. The van der Waals surface area contributed by atoms with E-state index in [2.05, 4.69) is 69.5 Å². The molecule has 0 aromatic rings. The Bertz CT molecular complexity index is 260. The fourth-order valence-corrected chi connectivity index (χ4v) is 2.62. The van der Waals surface area contributed by atoms with Crippen LogP contribution in [0.15, 0.2) is 0 Å². The molecule has 2 unspecified atom stereocenters. The monoisotopic (exact) mass is 344 g/mol. The Morgan fingerprint density at radius 3 is 1.29 bits per heavy atom. The molecule has 0 radical (unpaired) electrons. The number of rotatable bonds is 10. The summed E-state index contributed by atoms with van der Waals surface area (Å²) in [5, 5.41) is 0. The van der Waals surface area contributed by atoms with Crippen LogP contribution < -0.4 is 9.80 Å². The van der Waals surface area contributed by atoms with E-state index in [4.69, 9.17) is 0 Å². The lowest BCUT2D eigenvalue weighted by molar-refractivity contribution is -0.880. The summed E-state index contributed by atoms with van der Waals surface area (Å²) in [7, 11) is 4.58. The standard InChI is InChI=1S/C12H27N.C10H23N/c1-6-7-10-13(5)11-8-9-12(2,3)4;1-6-11(5)9-7-8-10(2,3)4/h6-11H2,1-5H3;6-9H2,1-5H3/p+2. The van der Waals surface area contributed by atoms with Gasteiger partial charge in [-0.25, -0.2) is 0 Å². The molecule has 0 saturated heterocycles. The zero-order valence-corrected chi connectivity index (χ0v) is 19.1. The fourth-order valence-electron chi connectivity index (χ4n) is 2.62. The first kappa shape index (κ1) is 26.2. The minimum atomic E-state index is 0.519. The Hall–Kier alpha value is -0.0800. The minimum Gasteiger partial charge on any atom is -0.338 e. The van der Waals surface area contributed by atoms with Gasteiger partial charge in [0.2, 0.25) is 0 Å². The summed E-state index contributed by atoms with van der Waals surface area (Å²) in [6, 6.07) is 0. The van der Waals surface area contributed by atoms with Gasteiger partial charge in [0.25, 0.3) is 0 Å². The Morgan fingerprint density at radius 1 is 0.583 bits per heavy atom. The molecule has 24 heavy (non-hydrogen) atoms. The van der Waals surface area contributed by atoms with Crippen molar-refractivity contribution in [1.82, 2.24) is 0 Å². The Labute approximate surface area is 155 Å². The third-order valence-corrected chi connectivity index (χ3v) is 4.62. The molecular weight excluding hydrogens is 292 g/mol. The number of quaternary nitrogens is 2. The molecule has 2 nitrogen and oxygen atoms in total. The highest BCUT2D eigenvalue weighted by molar-refractivity contribution is 4.60. The molecule has 0 aliphatic heterocycles. The van der Waals surface area contributed by atoms with Crippen molar-refractivity contribution in [3.05, 3.63) is 0 Å². The van der Waals surface area contributed by atoms with Crippen LogP contribution in [0.1, 0.15) is 93.9 Å². The van der Waals surface area contributed by atoms with E-state index in [1.807, 2.05) is 0 Å². The van der Waals surface area contributed by atoms with Gasteiger partial charge in [0, 0.05) is 0 Å². The van der Waals surface area contributed by atoms with E-state index in [1.54, 1.807) is 9.80 Å². The summed E-state index contributed by atoms with van der Waals surface area (Å²) in [4.78, 5) is 3.35. The topological polar surface area (TPSA) is 8.88 Å². The van der Waals surface area contributed by atoms with Crippen LogP contribution in [-0.2, 0) is 0 Å². The first-order valence-electron chi connectivity index (χ1n) is 10.5. The van der Waals surface area contributed by atoms with Gasteiger partial charge in [0.05, 0.1) is 40.3 Å². The van der Waals surface area contributed by atoms with Gasteiger partial charge in [-0.2, -0.15) is 0 Å². The summed E-state index contributed by atoms with van der Waals surface area (Å²) >= 11 is 0. The van der Waals surface area contributed by atoms with Crippen molar-refractivity contribution in [2.24, 2.45) is 10.8 Å². The van der Waals surface area contributed by atoms with Crippen LogP contribution in [-0.4, -0.2) is 40.3 Å². The van der Waals surface area contributed by atoms with Gasteiger partial charge >= 0.3 is 0 Å². The van der Waals surface area contributed by atoms with Gasteiger partial charge in [0.15, 0.2) is 0 Å². The van der Waals surface area contributed by atoms with E-state index < -0.39 is 0 Å². The Balaban J connectivity index is 0. The lowest BCUT2D eigenvalue weighted by Crippen LogP contribution is -3.09. The third kappa shape index (κ3) is 24.2. The largest absolute Gasteiger partial charge is 0.338 e. The number of hydrogen-bond acceptors (Lipinski definition) is 0. The molecule has 0 fully saturated rings. The highest BCUT2D eigenvalue weighted by Crippen LogP contribution is 2.20. The predicted molar refractivity (Wildman–Crippen MR) is 111 cm³/mol. The van der Waals surface area contributed by atoms with E-state index in [0.717, 1.165) is 0 Å². The van der Waals surface area contributed by atoms with Gasteiger partial charge in [0.1, 0.15) is 0 Å². The molecule has 0 aromatic heterocycles. The first-order chi connectivity index (χ1) is 10.9. The van der Waals surface area contributed by atoms with Crippen molar-refractivity contribution in [3.8, 4) is 0 Å². The Kier molecular flexibility index (Phi) is 15.4. The zero-order chi connectivity index (χ0) is 19.2. The summed E-state index contributed by atoms with van der Waals surface area (Å²) in [6.45, 7) is 23.7. The second kappa shape index (κ2) is 14.1. The summed E-state index contributed by atoms with van der Waals surface area (Å²) in [5.74, 6) is 0. The predicted octanol–water partition coefficient (Wildman–Crippen LogP) is 3.47. The lowest BCUT2D eigenvalue weighted by atomic mass is 9.90. The second-order valence-corrected chi connectivity index (χ2v) is 10.2. The lowest BCUT2D eigenvalue weighted by Gasteiger charge is -2.19. The van der Waals surface area contributed by atoms with Crippen molar-refractivity contribution in [2.45, 2.75) is 93.9 Å².